The summed E-state index contributed by atoms with van der Waals surface area (Å²) in [4.78, 5) is 0. The average molecular weight is 237 g/mol. The lowest BCUT2D eigenvalue weighted by Gasteiger charge is -2.00. The molecular weight excluding hydrogens is 212 g/mol. The fourth-order valence-corrected chi connectivity index (χ4v) is 6.25. The molecule has 0 bridgehead atoms. The lowest BCUT2D eigenvalue weighted by molar-refractivity contribution is 0.440. The van der Waals surface area contributed by atoms with Gasteiger partial charge in [0.15, 0.2) is 19.5 Å². The Bertz CT molecular complexity index is 83.5. The Labute approximate surface area is 89.5 Å². The van der Waals surface area contributed by atoms with Crippen molar-refractivity contribution >= 4 is 29.0 Å². The predicted molar refractivity (Wildman–Crippen MR) is 68.1 cm³/mol. The van der Waals surface area contributed by atoms with Gasteiger partial charge in [0.25, 0.3) is 0 Å². The zero-order valence-electron chi connectivity index (χ0n) is 9.18. The zero-order chi connectivity index (χ0) is 9.78. The van der Waals surface area contributed by atoms with Crippen LogP contribution in [0.25, 0.3) is 0 Å². The number of rotatable bonds is 10. The molecule has 0 aromatic heterocycles. The minimum Gasteiger partial charge on any atom is -0.427 e. The molecule has 0 aliphatic heterocycles. The van der Waals surface area contributed by atoms with E-state index in [9.17, 15) is 0 Å². The number of hydrogen-bond acceptors (Lipinski definition) is 2. The maximum absolute atomic E-state index is 5.14. The van der Waals surface area contributed by atoms with Crippen molar-refractivity contribution in [2.45, 2.75) is 37.0 Å². The van der Waals surface area contributed by atoms with E-state index in [0.717, 1.165) is 0 Å². The standard InChI is InChI=1S/C8H24O2Si3/c1-9-12-7-3-5-11-6-4-8-13-10-2/h3-8,11-13H2,1-2H3. The van der Waals surface area contributed by atoms with Crippen LogP contribution >= 0.6 is 0 Å². The van der Waals surface area contributed by atoms with Crippen molar-refractivity contribution in [3.63, 3.8) is 0 Å². The van der Waals surface area contributed by atoms with Crippen LogP contribution in [-0.2, 0) is 8.85 Å². The van der Waals surface area contributed by atoms with Crippen LogP contribution in [0.1, 0.15) is 12.8 Å². The molecule has 0 saturated carbocycles. The third kappa shape index (κ3) is 12.6. The lowest BCUT2D eigenvalue weighted by atomic mass is 10.6. The first kappa shape index (κ1) is 13.6. The zero-order valence-corrected chi connectivity index (χ0v) is 13.4. The largest absolute Gasteiger partial charge is 0.427 e. The third-order valence-corrected chi connectivity index (χ3v) is 6.59. The van der Waals surface area contributed by atoms with E-state index in [-0.39, 0.29) is 29.0 Å². The summed E-state index contributed by atoms with van der Waals surface area (Å²) in [5, 5.41) is 0. The normalized spacial score (nSPS) is 13.4. The van der Waals surface area contributed by atoms with Gasteiger partial charge in [-0.3, -0.25) is 0 Å². The van der Waals surface area contributed by atoms with E-state index in [1.165, 1.54) is 24.9 Å². The van der Waals surface area contributed by atoms with Gasteiger partial charge in [-0.05, 0) is 12.1 Å². The van der Waals surface area contributed by atoms with Gasteiger partial charge in [0.2, 0.25) is 0 Å². The summed E-state index contributed by atoms with van der Waals surface area (Å²) in [6, 6.07) is 5.89. The first-order valence-electron chi connectivity index (χ1n) is 5.39. The molecule has 0 unspecified atom stereocenters. The Morgan fingerprint density at radius 2 is 1.23 bits per heavy atom. The fraction of sp³-hybridized carbons (Fsp3) is 1.00. The summed E-state index contributed by atoms with van der Waals surface area (Å²) in [5.74, 6) is 0. The van der Waals surface area contributed by atoms with Crippen LogP contribution in [0, 0.1) is 0 Å². The molecule has 0 aliphatic rings. The van der Waals surface area contributed by atoms with Gasteiger partial charge in [-0.15, -0.1) is 0 Å². The first-order valence-corrected chi connectivity index (χ1v) is 10.5. The molecule has 0 aliphatic carbocycles. The highest BCUT2D eigenvalue weighted by Crippen LogP contribution is 2.01. The Balaban J connectivity index is 2.76. The second-order valence-electron chi connectivity index (χ2n) is 3.46. The Morgan fingerprint density at radius 3 is 1.62 bits per heavy atom. The van der Waals surface area contributed by atoms with E-state index in [1.54, 1.807) is 12.1 Å². The maximum atomic E-state index is 5.14. The fourth-order valence-electron chi connectivity index (χ4n) is 1.38. The molecule has 0 spiro atoms. The SMILES string of the molecule is CO[SiH2]CCC[SiH2]CCC[SiH2]OC. The second-order valence-corrected chi connectivity index (χ2v) is 8.97. The second kappa shape index (κ2) is 12.6. The predicted octanol–water partition coefficient (Wildman–Crippen LogP) is 0.0690. The van der Waals surface area contributed by atoms with E-state index in [1.807, 2.05) is 14.2 Å². The van der Waals surface area contributed by atoms with Gasteiger partial charge in [0, 0.05) is 23.7 Å². The van der Waals surface area contributed by atoms with Crippen LogP contribution < -0.4 is 0 Å². The molecule has 0 amide bonds. The molecule has 0 radical (unpaired) electrons. The van der Waals surface area contributed by atoms with Gasteiger partial charge in [0.05, 0.1) is 0 Å². The van der Waals surface area contributed by atoms with E-state index in [2.05, 4.69) is 0 Å². The van der Waals surface area contributed by atoms with Crippen LogP contribution in [0.4, 0.5) is 0 Å². The Kier molecular flexibility index (Phi) is 13.1. The summed E-state index contributed by atoms with van der Waals surface area (Å²) in [5.41, 5.74) is 0. The Morgan fingerprint density at radius 1 is 0.769 bits per heavy atom. The maximum Gasteiger partial charge on any atom is 0.161 e. The van der Waals surface area contributed by atoms with Crippen LogP contribution in [0.15, 0.2) is 0 Å². The summed E-state index contributed by atoms with van der Waals surface area (Å²) >= 11 is 0. The van der Waals surface area contributed by atoms with Crippen molar-refractivity contribution in [2.75, 3.05) is 14.2 Å². The molecule has 0 aromatic carbocycles. The van der Waals surface area contributed by atoms with Crippen molar-refractivity contribution in [3.05, 3.63) is 0 Å². The van der Waals surface area contributed by atoms with Crippen molar-refractivity contribution in [1.82, 2.24) is 0 Å². The van der Waals surface area contributed by atoms with Gasteiger partial charge in [0.1, 0.15) is 0 Å². The molecule has 0 atom stereocenters. The van der Waals surface area contributed by atoms with Gasteiger partial charge in [-0.1, -0.05) is 24.9 Å². The van der Waals surface area contributed by atoms with E-state index in [4.69, 9.17) is 8.85 Å². The van der Waals surface area contributed by atoms with Gasteiger partial charge >= 0.3 is 0 Å². The highest BCUT2D eigenvalue weighted by Gasteiger charge is 1.92. The molecule has 2 nitrogen and oxygen atoms in total. The molecule has 80 valence electrons. The summed E-state index contributed by atoms with van der Waals surface area (Å²) in [6.07, 6.45) is 2.90. The van der Waals surface area contributed by atoms with Crippen molar-refractivity contribution in [1.29, 1.82) is 0 Å². The van der Waals surface area contributed by atoms with Crippen molar-refractivity contribution < 1.29 is 8.85 Å². The molecule has 0 rings (SSSR count). The monoisotopic (exact) mass is 236 g/mol. The molecule has 0 N–H and O–H groups in total. The highest BCUT2D eigenvalue weighted by atomic mass is 28.2. The van der Waals surface area contributed by atoms with E-state index < -0.39 is 0 Å². The lowest BCUT2D eigenvalue weighted by Crippen LogP contribution is -1.96. The first-order chi connectivity index (χ1) is 6.41. The summed E-state index contributed by atoms with van der Waals surface area (Å²) in [6.45, 7) is 0. The topological polar surface area (TPSA) is 18.5 Å². The summed E-state index contributed by atoms with van der Waals surface area (Å²) < 4.78 is 10.3. The van der Waals surface area contributed by atoms with Crippen LogP contribution in [0.5, 0.6) is 0 Å². The van der Waals surface area contributed by atoms with Crippen LogP contribution in [0.3, 0.4) is 0 Å². The molecule has 13 heavy (non-hydrogen) atoms. The van der Waals surface area contributed by atoms with Crippen LogP contribution in [0.2, 0.25) is 24.2 Å². The van der Waals surface area contributed by atoms with Crippen molar-refractivity contribution in [3.8, 4) is 0 Å². The minimum atomic E-state index is -0.117. The van der Waals surface area contributed by atoms with Crippen LogP contribution in [-0.4, -0.2) is 43.3 Å². The third-order valence-electron chi connectivity index (χ3n) is 2.20. The highest BCUT2D eigenvalue weighted by molar-refractivity contribution is 6.36. The van der Waals surface area contributed by atoms with E-state index in [0.29, 0.717) is 0 Å². The smallest absolute Gasteiger partial charge is 0.161 e. The van der Waals surface area contributed by atoms with E-state index >= 15 is 0 Å². The van der Waals surface area contributed by atoms with Gasteiger partial charge in [-0.25, -0.2) is 0 Å². The van der Waals surface area contributed by atoms with Gasteiger partial charge < -0.3 is 8.85 Å². The number of hydrogen-bond donors (Lipinski definition) is 0. The molecule has 0 aromatic rings. The molecule has 0 heterocycles. The summed E-state index contributed by atoms with van der Waals surface area (Å²) in [7, 11) is 3.75. The molecule has 0 fully saturated rings. The minimum absolute atomic E-state index is 0.117. The van der Waals surface area contributed by atoms with Crippen molar-refractivity contribution in [2.24, 2.45) is 0 Å². The molecule has 5 heteroatoms. The molecular formula is C8H24O2Si3. The quantitative estimate of drug-likeness (QED) is 0.395. The van der Waals surface area contributed by atoms with Gasteiger partial charge in [-0.2, -0.15) is 0 Å². The molecule has 0 saturated heterocycles. The Hall–Kier alpha value is 0.571. The average Bonchev–Trinajstić information content (AvgIpc) is 2.16.